The van der Waals surface area contributed by atoms with Gasteiger partial charge in [-0.3, -0.25) is 0 Å². The molecule has 0 saturated heterocycles. The van der Waals surface area contributed by atoms with Crippen molar-refractivity contribution in [2.45, 2.75) is 71.6 Å². The van der Waals surface area contributed by atoms with Gasteiger partial charge in [0.25, 0.3) is 0 Å². The molecule has 23 heavy (non-hydrogen) atoms. The lowest BCUT2D eigenvalue weighted by Gasteiger charge is -2.32. The smallest absolute Gasteiger partial charge is 0.408 e. The van der Waals surface area contributed by atoms with Crippen molar-refractivity contribution >= 4 is 6.09 Å². The van der Waals surface area contributed by atoms with Crippen molar-refractivity contribution in [1.29, 1.82) is 0 Å². The number of nitrogens with one attached hydrogen (secondary N) is 2. The van der Waals surface area contributed by atoms with E-state index < -0.39 is 5.60 Å². The van der Waals surface area contributed by atoms with Crippen LogP contribution in [0.5, 0.6) is 0 Å². The fourth-order valence-corrected chi connectivity index (χ4v) is 2.39. The van der Waals surface area contributed by atoms with Gasteiger partial charge < -0.3 is 15.4 Å². The zero-order valence-corrected chi connectivity index (χ0v) is 15.2. The van der Waals surface area contributed by atoms with Crippen LogP contribution in [-0.2, 0) is 11.3 Å². The average Bonchev–Trinajstić information content (AvgIpc) is 2.44. The monoisotopic (exact) mass is 320 g/mol. The summed E-state index contributed by atoms with van der Waals surface area (Å²) in [6.45, 7) is 11.4. The minimum Gasteiger partial charge on any atom is -0.444 e. The van der Waals surface area contributed by atoms with E-state index in [1.807, 2.05) is 39.0 Å². The molecule has 4 heteroatoms. The third kappa shape index (κ3) is 8.60. The molecular formula is C19H32N2O2. The normalized spacial score (nSPS) is 14.1. The molecule has 0 aliphatic carbocycles. The predicted octanol–water partition coefficient (Wildman–Crippen LogP) is 4.25. The molecule has 1 aromatic rings. The van der Waals surface area contributed by atoms with Crippen molar-refractivity contribution in [2.24, 2.45) is 0 Å². The molecule has 0 unspecified atom stereocenters. The number of amides is 1. The number of ether oxygens (including phenoxy) is 1. The molecule has 1 aromatic carbocycles. The molecule has 0 heterocycles. The maximum absolute atomic E-state index is 12.1. The zero-order chi connectivity index (χ0) is 17.3. The van der Waals surface area contributed by atoms with Crippen molar-refractivity contribution in [1.82, 2.24) is 10.6 Å². The molecule has 1 amide bonds. The van der Waals surface area contributed by atoms with Gasteiger partial charge in [-0.15, -0.1) is 0 Å². The topological polar surface area (TPSA) is 50.4 Å². The number of carbonyl (C=O) groups excluding carboxylic acids is 1. The first-order valence-electron chi connectivity index (χ1n) is 8.50. The third-order valence-electron chi connectivity index (χ3n) is 3.57. The van der Waals surface area contributed by atoms with Crippen LogP contribution >= 0.6 is 0 Å². The highest BCUT2D eigenvalue weighted by molar-refractivity contribution is 5.68. The number of benzene rings is 1. The summed E-state index contributed by atoms with van der Waals surface area (Å²) in [4.78, 5) is 12.1. The number of hydrogen-bond donors (Lipinski definition) is 2. The van der Waals surface area contributed by atoms with Crippen LogP contribution in [0, 0.1) is 0 Å². The van der Waals surface area contributed by atoms with Gasteiger partial charge >= 0.3 is 6.09 Å². The predicted molar refractivity (Wildman–Crippen MR) is 95.4 cm³/mol. The Bertz CT molecular complexity index is 468. The zero-order valence-electron chi connectivity index (χ0n) is 15.2. The first-order valence-corrected chi connectivity index (χ1v) is 8.50. The molecule has 2 N–H and O–H groups in total. The quantitative estimate of drug-likeness (QED) is 0.753. The molecule has 0 spiro atoms. The van der Waals surface area contributed by atoms with Crippen LogP contribution in [0.2, 0.25) is 0 Å². The van der Waals surface area contributed by atoms with Crippen LogP contribution < -0.4 is 10.6 Å². The van der Waals surface area contributed by atoms with E-state index in [9.17, 15) is 4.79 Å². The standard InChI is InChI=1S/C19H32N2O2/c1-6-7-13-19(5,21-17(22)23-18(2,3)4)15-20-14-16-11-9-8-10-12-16/h8-12,20H,6-7,13-15H2,1-5H3,(H,21,22)/t19-/m1/s1. The Labute approximate surface area is 141 Å². The summed E-state index contributed by atoms with van der Waals surface area (Å²) in [5, 5.41) is 6.50. The number of alkyl carbamates (subject to hydrolysis) is 1. The molecule has 4 nitrogen and oxygen atoms in total. The summed E-state index contributed by atoms with van der Waals surface area (Å²) in [6.07, 6.45) is 2.74. The summed E-state index contributed by atoms with van der Waals surface area (Å²) in [5.41, 5.74) is 0.447. The SMILES string of the molecule is CCCC[C@](C)(CNCc1ccccc1)NC(=O)OC(C)(C)C. The molecule has 0 bridgehead atoms. The number of hydrogen-bond acceptors (Lipinski definition) is 3. The Hall–Kier alpha value is -1.55. The van der Waals surface area contributed by atoms with E-state index in [4.69, 9.17) is 4.74 Å². The Balaban J connectivity index is 2.56. The fourth-order valence-electron chi connectivity index (χ4n) is 2.39. The van der Waals surface area contributed by atoms with E-state index in [0.29, 0.717) is 6.54 Å². The molecule has 0 aliphatic heterocycles. The molecule has 0 aromatic heterocycles. The summed E-state index contributed by atoms with van der Waals surface area (Å²) >= 11 is 0. The van der Waals surface area contributed by atoms with E-state index in [-0.39, 0.29) is 11.6 Å². The molecule has 1 rings (SSSR count). The number of carbonyl (C=O) groups is 1. The largest absolute Gasteiger partial charge is 0.444 e. The van der Waals surface area contributed by atoms with Gasteiger partial charge in [-0.25, -0.2) is 4.79 Å². The minimum absolute atomic E-state index is 0.312. The van der Waals surface area contributed by atoms with Crippen molar-refractivity contribution in [3.8, 4) is 0 Å². The summed E-state index contributed by atoms with van der Waals surface area (Å²) in [7, 11) is 0. The van der Waals surface area contributed by atoms with Gasteiger partial charge in [0.15, 0.2) is 0 Å². The van der Waals surface area contributed by atoms with Gasteiger partial charge in [-0.2, -0.15) is 0 Å². The van der Waals surface area contributed by atoms with Crippen molar-refractivity contribution < 1.29 is 9.53 Å². The maximum Gasteiger partial charge on any atom is 0.408 e. The Morgan fingerprint density at radius 2 is 1.78 bits per heavy atom. The Morgan fingerprint density at radius 1 is 1.13 bits per heavy atom. The second kappa shape index (κ2) is 8.92. The van der Waals surface area contributed by atoms with Crippen LogP contribution in [0.3, 0.4) is 0 Å². The molecule has 0 fully saturated rings. The van der Waals surface area contributed by atoms with E-state index >= 15 is 0 Å². The second-order valence-electron chi connectivity index (χ2n) is 7.38. The lowest BCUT2D eigenvalue weighted by Crippen LogP contribution is -2.53. The van der Waals surface area contributed by atoms with Crippen LogP contribution in [0.1, 0.15) is 59.4 Å². The summed E-state index contributed by atoms with van der Waals surface area (Å²) in [5.74, 6) is 0. The van der Waals surface area contributed by atoms with Crippen LogP contribution in [0.4, 0.5) is 4.79 Å². The van der Waals surface area contributed by atoms with Gasteiger partial charge in [0.05, 0.1) is 5.54 Å². The lowest BCUT2D eigenvalue weighted by molar-refractivity contribution is 0.0456. The summed E-state index contributed by atoms with van der Waals surface area (Å²) in [6, 6.07) is 10.3. The van der Waals surface area contributed by atoms with Crippen molar-refractivity contribution in [2.75, 3.05) is 6.54 Å². The van der Waals surface area contributed by atoms with Crippen molar-refractivity contribution in [3.05, 3.63) is 35.9 Å². The second-order valence-corrected chi connectivity index (χ2v) is 7.38. The maximum atomic E-state index is 12.1. The van der Waals surface area contributed by atoms with E-state index in [2.05, 4.69) is 36.6 Å². The van der Waals surface area contributed by atoms with Crippen LogP contribution in [-0.4, -0.2) is 23.8 Å². The van der Waals surface area contributed by atoms with E-state index in [1.54, 1.807) is 0 Å². The van der Waals surface area contributed by atoms with E-state index in [1.165, 1.54) is 5.56 Å². The van der Waals surface area contributed by atoms with Gasteiger partial charge in [0.2, 0.25) is 0 Å². The number of unbranched alkanes of at least 4 members (excludes halogenated alkanes) is 1. The fraction of sp³-hybridized carbons (Fsp3) is 0.632. The lowest BCUT2D eigenvalue weighted by atomic mass is 9.95. The third-order valence-corrected chi connectivity index (χ3v) is 3.57. The van der Waals surface area contributed by atoms with Gasteiger partial charge in [-0.1, -0.05) is 50.1 Å². The van der Waals surface area contributed by atoms with Gasteiger partial charge in [0, 0.05) is 13.1 Å². The van der Waals surface area contributed by atoms with Crippen LogP contribution in [0.15, 0.2) is 30.3 Å². The highest BCUT2D eigenvalue weighted by atomic mass is 16.6. The molecule has 0 radical (unpaired) electrons. The first kappa shape index (κ1) is 19.5. The molecule has 0 aliphatic rings. The minimum atomic E-state index is -0.479. The highest BCUT2D eigenvalue weighted by Gasteiger charge is 2.28. The first-order chi connectivity index (χ1) is 10.7. The van der Waals surface area contributed by atoms with E-state index in [0.717, 1.165) is 25.8 Å². The Kier molecular flexibility index (Phi) is 7.56. The van der Waals surface area contributed by atoms with Crippen molar-refractivity contribution in [3.63, 3.8) is 0 Å². The average molecular weight is 320 g/mol. The molecular weight excluding hydrogens is 288 g/mol. The molecule has 1 atom stereocenters. The number of rotatable bonds is 8. The van der Waals surface area contributed by atoms with Crippen LogP contribution in [0.25, 0.3) is 0 Å². The highest BCUT2D eigenvalue weighted by Crippen LogP contribution is 2.15. The molecule has 0 saturated carbocycles. The van der Waals surface area contributed by atoms with Gasteiger partial charge in [-0.05, 0) is 39.7 Å². The Morgan fingerprint density at radius 3 is 2.35 bits per heavy atom. The molecule has 130 valence electrons. The van der Waals surface area contributed by atoms with Gasteiger partial charge in [0.1, 0.15) is 5.60 Å². The summed E-state index contributed by atoms with van der Waals surface area (Å²) < 4.78 is 5.40.